The van der Waals surface area contributed by atoms with Gasteiger partial charge in [0.05, 0.1) is 16.3 Å². The van der Waals surface area contributed by atoms with Gasteiger partial charge in [0.2, 0.25) is 10.0 Å². The van der Waals surface area contributed by atoms with Gasteiger partial charge < -0.3 is 11.1 Å². The lowest BCUT2D eigenvalue weighted by Gasteiger charge is -2.16. The molecule has 0 saturated heterocycles. The lowest BCUT2D eigenvalue weighted by molar-refractivity contribution is 0.588. The first-order valence-electron chi connectivity index (χ1n) is 6.12. The Hall–Kier alpha value is -1.27. The molecule has 4 N–H and O–H groups in total. The smallest absolute Gasteiger partial charge is 0.240 e. The van der Waals surface area contributed by atoms with Crippen molar-refractivity contribution in [2.75, 3.05) is 18.1 Å². The van der Waals surface area contributed by atoms with Crippen LogP contribution in [0.1, 0.15) is 25.7 Å². The third-order valence-electron chi connectivity index (χ3n) is 3.32. The molecule has 18 heavy (non-hydrogen) atoms. The second-order valence-corrected chi connectivity index (χ2v) is 6.47. The third-order valence-corrected chi connectivity index (χ3v) is 4.73. The van der Waals surface area contributed by atoms with Crippen molar-refractivity contribution in [3.05, 3.63) is 18.2 Å². The zero-order valence-electron chi connectivity index (χ0n) is 10.4. The number of hydrogen-bond donors (Lipinski definition) is 3. The molecule has 1 aliphatic rings. The topological polar surface area (TPSA) is 84.2 Å². The molecule has 2 rings (SSSR count). The zero-order chi connectivity index (χ0) is 13.2. The fourth-order valence-corrected chi connectivity index (χ4v) is 2.99. The first-order valence-corrected chi connectivity index (χ1v) is 7.61. The molecule has 1 aromatic rings. The number of nitrogens with two attached hydrogens (primary N) is 1. The molecule has 100 valence electrons. The molecule has 0 spiro atoms. The van der Waals surface area contributed by atoms with E-state index in [1.165, 1.54) is 26.0 Å². The van der Waals surface area contributed by atoms with E-state index in [0.717, 1.165) is 12.8 Å². The average Bonchev–Trinajstić information content (AvgIpc) is 2.84. The Kier molecular flexibility index (Phi) is 3.77. The van der Waals surface area contributed by atoms with E-state index in [0.29, 0.717) is 17.4 Å². The van der Waals surface area contributed by atoms with Crippen molar-refractivity contribution in [1.82, 2.24) is 4.72 Å². The molecule has 0 aromatic heterocycles. The molecule has 0 radical (unpaired) electrons. The normalized spacial score (nSPS) is 16.9. The number of hydrogen-bond acceptors (Lipinski definition) is 4. The number of sulfonamides is 1. The molecule has 0 unspecified atom stereocenters. The van der Waals surface area contributed by atoms with Crippen LogP contribution in [0.2, 0.25) is 0 Å². The summed E-state index contributed by atoms with van der Waals surface area (Å²) < 4.78 is 25.7. The second-order valence-electron chi connectivity index (χ2n) is 4.58. The largest absolute Gasteiger partial charge is 0.397 e. The molecule has 0 atom stereocenters. The molecule has 0 heterocycles. The standard InChI is InChI=1S/C12H19N3O2S/c1-14-18(16,17)10-6-7-11(13)12(8-10)15-9-4-2-3-5-9/h6-9,14-15H,2-5,13H2,1H3. The van der Waals surface area contributed by atoms with Gasteiger partial charge in [0.1, 0.15) is 0 Å². The van der Waals surface area contributed by atoms with Crippen LogP contribution in [0.15, 0.2) is 23.1 Å². The van der Waals surface area contributed by atoms with Gasteiger partial charge in [0, 0.05) is 6.04 Å². The van der Waals surface area contributed by atoms with Crippen LogP contribution in [0, 0.1) is 0 Å². The van der Waals surface area contributed by atoms with Crippen molar-refractivity contribution in [1.29, 1.82) is 0 Å². The van der Waals surface area contributed by atoms with E-state index in [1.807, 2.05) is 0 Å². The molecular formula is C12H19N3O2S. The molecule has 0 bridgehead atoms. The Labute approximate surface area is 108 Å². The zero-order valence-corrected chi connectivity index (χ0v) is 11.3. The summed E-state index contributed by atoms with van der Waals surface area (Å²) in [5, 5.41) is 3.33. The van der Waals surface area contributed by atoms with Crippen LogP contribution in [0.3, 0.4) is 0 Å². The van der Waals surface area contributed by atoms with Gasteiger partial charge >= 0.3 is 0 Å². The van der Waals surface area contributed by atoms with Crippen LogP contribution in [0.5, 0.6) is 0 Å². The van der Waals surface area contributed by atoms with Crippen molar-refractivity contribution in [2.24, 2.45) is 0 Å². The van der Waals surface area contributed by atoms with Crippen molar-refractivity contribution >= 4 is 21.4 Å². The Balaban J connectivity index is 2.26. The fourth-order valence-electron chi connectivity index (χ4n) is 2.24. The van der Waals surface area contributed by atoms with Gasteiger partial charge in [-0.3, -0.25) is 0 Å². The van der Waals surface area contributed by atoms with E-state index in [2.05, 4.69) is 10.0 Å². The minimum Gasteiger partial charge on any atom is -0.397 e. The van der Waals surface area contributed by atoms with E-state index in [-0.39, 0.29) is 4.90 Å². The summed E-state index contributed by atoms with van der Waals surface area (Å²) >= 11 is 0. The van der Waals surface area contributed by atoms with E-state index in [9.17, 15) is 8.42 Å². The Morgan fingerprint density at radius 2 is 1.94 bits per heavy atom. The van der Waals surface area contributed by atoms with Crippen LogP contribution in [0.25, 0.3) is 0 Å². The summed E-state index contributed by atoms with van der Waals surface area (Å²) in [4.78, 5) is 0.236. The molecule has 0 aliphatic heterocycles. The minimum atomic E-state index is -3.42. The number of benzene rings is 1. The minimum absolute atomic E-state index is 0.236. The number of nitrogen functional groups attached to an aromatic ring is 1. The Bertz CT molecular complexity index is 522. The summed E-state index contributed by atoms with van der Waals surface area (Å²) in [7, 11) is -2.02. The first-order chi connectivity index (χ1) is 8.53. The van der Waals surface area contributed by atoms with Crippen molar-refractivity contribution in [2.45, 2.75) is 36.6 Å². The van der Waals surface area contributed by atoms with E-state index in [4.69, 9.17) is 5.73 Å². The van der Waals surface area contributed by atoms with Gasteiger partial charge in [-0.05, 0) is 38.1 Å². The van der Waals surface area contributed by atoms with Gasteiger partial charge in [-0.15, -0.1) is 0 Å². The maximum absolute atomic E-state index is 11.7. The van der Waals surface area contributed by atoms with Crippen LogP contribution < -0.4 is 15.8 Å². The maximum atomic E-state index is 11.7. The highest BCUT2D eigenvalue weighted by atomic mass is 32.2. The predicted molar refractivity (Wildman–Crippen MR) is 73.0 cm³/mol. The first kappa shape index (κ1) is 13.2. The highest BCUT2D eigenvalue weighted by Crippen LogP contribution is 2.27. The molecule has 1 saturated carbocycles. The molecule has 1 aliphatic carbocycles. The van der Waals surface area contributed by atoms with Crippen LogP contribution in [0.4, 0.5) is 11.4 Å². The van der Waals surface area contributed by atoms with Gasteiger partial charge in [0.25, 0.3) is 0 Å². The van der Waals surface area contributed by atoms with Crippen LogP contribution in [-0.2, 0) is 10.0 Å². The van der Waals surface area contributed by atoms with E-state index in [1.54, 1.807) is 12.1 Å². The molecule has 6 heteroatoms. The molecular weight excluding hydrogens is 250 g/mol. The van der Waals surface area contributed by atoms with Crippen molar-refractivity contribution < 1.29 is 8.42 Å². The fraction of sp³-hybridized carbons (Fsp3) is 0.500. The molecule has 1 fully saturated rings. The summed E-state index contributed by atoms with van der Waals surface area (Å²) in [6.07, 6.45) is 4.66. The molecule has 0 amide bonds. The SMILES string of the molecule is CNS(=O)(=O)c1ccc(N)c(NC2CCCC2)c1. The molecule has 5 nitrogen and oxygen atoms in total. The van der Waals surface area contributed by atoms with Crippen molar-refractivity contribution in [3.63, 3.8) is 0 Å². The van der Waals surface area contributed by atoms with Gasteiger partial charge in [0.15, 0.2) is 0 Å². The Morgan fingerprint density at radius 3 is 2.56 bits per heavy atom. The maximum Gasteiger partial charge on any atom is 0.240 e. The summed E-state index contributed by atoms with van der Waals surface area (Å²) in [6, 6.07) is 5.14. The molecule has 1 aromatic carbocycles. The van der Waals surface area contributed by atoms with E-state index < -0.39 is 10.0 Å². The summed E-state index contributed by atoms with van der Waals surface area (Å²) in [5.41, 5.74) is 7.16. The quantitative estimate of drug-likeness (QED) is 0.724. The third kappa shape index (κ3) is 2.76. The van der Waals surface area contributed by atoms with Crippen LogP contribution >= 0.6 is 0 Å². The number of rotatable bonds is 4. The number of nitrogens with one attached hydrogen (secondary N) is 2. The number of anilines is 2. The van der Waals surface area contributed by atoms with Gasteiger partial charge in [-0.25, -0.2) is 13.1 Å². The highest BCUT2D eigenvalue weighted by molar-refractivity contribution is 7.89. The van der Waals surface area contributed by atoms with Crippen molar-refractivity contribution in [3.8, 4) is 0 Å². The lowest BCUT2D eigenvalue weighted by Crippen LogP contribution is -2.20. The lowest BCUT2D eigenvalue weighted by atomic mass is 10.2. The monoisotopic (exact) mass is 269 g/mol. The summed E-state index contributed by atoms with van der Waals surface area (Å²) in [6.45, 7) is 0. The van der Waals surface area contributed by atoms with Gasteiger partial charge in [-0.1, -0.05) is 12.8 Å². The van der Waals surface area contributed by atoms with Gasteiger partial charge in [-0.2, -0.15) is 0 Å². The predicted octanol–water partition coefficient (Wildman–Crippen LogP) is 1.53. The highest BCUT2D eigenvalue weighted by Gasteiger charge is 2.18. The second kappa shape index (κ2) is 5.16. The Morgan fingerprint density at radius 1 is 1.28 bits per heavy atom. The van der Waals surface area contributed by atoms with E-state index >= 15 is 0 Å². The average molecular weight is 269 g/mol. The van der Waals surface area contributed by atoms with Crippen LogP contribution in [-0.4, -0.2) is 21.5 Å². The summed E-state index contributed by atoms with van der Waals surface area (Å²) in [5.74, 6) is 0.